The highest BCUT2D eigenvalue weighted by Gasteiger charge is 2.20. The van der Waals surface area contributed by atoms with Crippen molar-refractivity contribution in [3.05, 3.63) is 47.0 Å². The monoisotopic (exact) mass is 382 g/mol. The van der Waals surface area contributed by atoms with E-state index >= 15 is 0 Å². The quantitative estimate of drug-likeness (QED) is 0.844. The molecule has 25 heavy (non-hydrogen) atoms. The predicted octanol–water partition coefficient (Wildman–Crippen LogP) is 2.40. The first kappa shape index (κ1) is 17.4. The molecule has 0 atom stereocenters. The molecule has 1 amide bonds. The van der Waals surface area contributed by atoms with E-state index in [1.54, 1.807) is 0 Å². The van der Waals surface area contributed by atoms with Crippen molar-refractivity contribution in [1.29, 1.82) is 0 Å². The molecule has 1 aliphatic heterocycles. The third kappa shape index (κ3) is 3.80. The van der Waals surface area contributed by atoms with Gasteiger partial charge >= 0.3 is 0 Å². The van der Waals surface area contributed by atoms with Crippen LogP contribution in [0.1, 0.15) is 16.8 Å². The molecule has 132 valence electrons. The van der Waals surface area contributed by atoms with Gasteiger partial charge in [-0.2, -0.15) is 0 Å². The lowest BCUT2D eigenvalue weighted by Crippen LogP contribution is -2.15. The molecule has 0 aliphatic carbocycles. The van der Waals surface area contributed by atoms with Crippen molar-refractivity contribution in [2.24, 2.45) is 5.73 Å². The van der Waals surface area contributed by atoms with Gasteiger partial charge in [-0.1, -0.05) is 11.6 Å². The third-order valence-electron chi connectivity index (χ3n) is 3.52. The Morgan fingerprint density at radius 2 is 1.80 bits per heavy atom. The lowest BCUT2D eigenvalue weighted by molar-refractivity contribution is 0.100. The highest BCUT2D eigenvalue weighted by Crippen LogP contribution is 2.33. The Morgan fingerprint density at radius 1 is 1.08 bits per heavy atom. The molecule has 2 aromatic carbocycles. The van der Waals surface area contributed by atoms with Gasteiger partial charge in [0, 0.05) is 18.1 Å². The molecular formula is C16H15ClN2O5S. The average molecular weight is 383 g/mol. The summed E-state index contributed by atoms with van der Waals surface area (Å²) in [5, 5.41) is 0.142. The average Bonchev–Trinajstić information content (AvgIpc) is 2.81. The van der Waals surface area contributed by atoms with E-state index in [9.17, 15) is 13.2 Å². The maximum Gasteiger partial charge on any atom is 0.262 e. The second-order valence-corrected chi connectivity index (χ2v) is 7.41. The van der Waals surface area contributed by atoms with Crippen molar-refractivity contribution in [1.82, 2.24) is 0 Å². The largest absolute Gasteiger partial charge is 0.490 e. The minimum Gasteiger partial charge on any atom is -0.490 e. The first-order valence-electron chi connectivity index (χ1n) is 7.39. The smallest absolute Gasteiger partial charge is 0.262 e. The summed E-state index contributed by atoms with van der Waals surface area (Å²) in [4.78, 5) is 11.2. The van der Waals surface area contributed by atoms with Crippen LogP contribution in [0.15, 0.2) is 41.3 Å². The lowest BCUT2D eigenvalue weighted by atomic mass is 10.2. The second kappa shape index (κ2) is 6.81. The van der Waals surface area contributed by atoms with E-state index in [-0.39, 0.29) is 21.2 Å². The summed E-state index contributed by atoms with van der Waals surface area (Å²) < 4.78 is 38.6. The molecule has 2 aromatic rings. The van der Waals surface area contributed by atoms with Crippen LogP contribution in [0, 0.1) is 0 Å². The van der Waals surface area contributed by atoms with Gasteiger partial charge in [0.1, 0.15) is 0 Å². The molecule has 9 heteroatoms. The molecule has 0 bridgehead atoms. The molecular weight excluding hydrogens is 368 g/mol. The maximum absolute atomic E-state index is 12.6. The Balaban J connectivity index is 1.94. The summed E-state index contributed by atoms with van der Waals surface area (Å²) in [7, 11) is -3.95. The van der Waals surface area contributed by atoms with Crippen LogP contribution in [0.4, 0.5) is 5.69 Å². The Hall–Kier alpha value is -2.45. The molecule has 3 rings (SSSR count). The van der Waals surface area contributed by atoms with Crippen LogP contribution in [-0.4, -0.2) is 27.5 Å². The fourth-order valence-electron chi connectivity index (χ4n) is 2.27. The van der Waals surface area contributed by atoms with Gasteiger partial charge in [-0.15, -0.1) is 0 Å². The van der Waals surface area contributed by atoms with E-state index in [4.69, 9.17) is 26.8 Å². The number of anilines is 1. The summed E-state index contributed by atoms with van der Waals surface area (Å²) in [5.41, 5.74) is 5.41. The number of nitrogens with one attached hydrogen (secondary N) is 1. The molecule has 0 aromatic heterocycles. The summed E-state index contributed by atoms with van der Waals surface area (Å²) >= 11 is 6.01. The Bertz CT molecular complexity index is 930. The number of sulfonamides is 1. The number of hydrogen-bond donors (Lipinski definition) is 2. The van der Waals surface area contributed by atoms with Crippen molar-refractivity contribution in [2.45, 2.75) is 11.3 Å². The van der Waals surface area contributed by atoms with Crippen molar-refractivity contribution >= 4 is 33.2 Å². The number of nitrogens with two attached hydrogens (primary N) is 1. The maximum atomic E-state index is 12.6. The number of fused-ring (bicyclic) bond motifs is 1. The topological polar surface area (TPSA) is 108 Å². The van der Waals surface area contributed by atoms with Gasteiger partial charge in [0.25, 0.3) is 10.0 Å². The first-order valence-corrected chi connectivity index (χ1v) is 9.25. The van der Waals surface area contributed by atoms with Crippen LogP contribution in [0.2, 0.25) is 5.02 Å². The van der Waals surface area contributed by atoms with E-state index in [2.05, 4.69) is 4.72 Å². The highest BCUT2D eigenvalue weighted by molar-refractivity contribution is 7.92. The molecule has 0 fully saturated rings. The molecule has 3 N–H and O–H groups in total. The predicted molar refractivity (Wildman–Crippen MR) is 92.8 cm³/mol. The molecule has 1 heterocycles. The zero-order valence-electron chi connectivity index (χ0n) is 13.0. The molecule has 0 unspecified atom stereocenters. The first-order chi connectivity index (χ1) is 11.9. The van der Waals surface area contributed by atoms with Gasteiger partial charge in [0.15, 0.2) is 11.5 Å². The summed E-state index contributed by atoms with van der Waals surface area (Å²) in [6, 6.07) is 8.42. The van der Waals surface area contributed by atoms with Gasteiger partial charge < -0.3 is 15.2 Å². The molecule has 0 saturated heterocycles. The van der Waals surface area contributed by atoms with Crippen LogP contribution in [-0.2, 0) is 10.0 Å². The van der Waals surface area contributed by atoms with Crippen LogP contribution >= 0.6 is 11.6 Å². The third-order valence-corrected chi connectivity index (χ3v) is 5.22. The Morgan fingerprint density at radius 3 is 2.52 bits per heavy atom. The minimum atomic E-state index is -3.95. The Kier molecular flexibility index (Phi) is 4.73. The fourth-order valence-corrected chi connectivity index (χ4v) is 3.58. The number of benzene rings is 2. The minimum absolute atomic E-state index is 0.0164. The second-order valence-electron chi connectivity index (χ2n) is 5.32. The van der Waals surface area contributed by atoms with Crippen LogP contribution in [0.25, 0.3) is 0 Å². The molecule has 0 spiro atoms. The van der Waals surface area contributed by atoms with Crippen molar-refractivity contribution in [2.75, 3.05) is 17.9 Å². The number of carbonyl (C=O) groups is 1. The Labute approximate surface area is 149 Å². The van der Waals surface area contributed by atoms with Crippen LogP contribution in [0.5, 0.6) is 11.5 Å². The standard InChI is InChI=1S/C16H15ClN2O5S/c17-12-4-2-10(16(18)20)8-13(12)19-25(21,22)11-3-5-14-15(9-11)24-7-1-6-23-14/h2-5,8-9,19H,1,6-7H2,(H2,18,20). The van der Waals surface area contributed by atoms with Gasteiger partial charge in [0.2, 0.25) is 5.91 Å². The number of hydrogen-bond acceptors (Lipinski definition) is 5. The normalized spacial score (nSPS) is 13.8. The van der Waals surface area contributed by atoms with E-state index in [1.807, 2.05) is 0 Å². The SMILES string of the molecule is NC(=O)c1ccc(Cl)c(NS(=O)(=O)c2ccc3c(c2)OCCCO3)c1. The molecule has 0 radical (unpaired) electrons. The number of halogens is 1. The molecule has 0 saturated carbocycles. The summed E-state index contributed by atoms with van der Waals surface area (Å²) in [6.07, 6.45) is 0.713. The van der Waals surface area contributed by atoms with Crippen LogP contribution < -0.4 is 19.9 Å². The number of rotatable bonds is 4. The zero-order valence-corrected chi connectivity index (χ0v) is 14.6. The van der Waals surface area contributed by atoms with E-state index in [0.717, 1.165) is 0 Å². The van der Waals surface area contributed by atoms with Gasteiger partial charge in [-0.25, -0.2) is 8.42 Å². The van der Waals surface area contributed by atoms with E-state index < -0.39 is 15.9 Å². The number of ether oxygens (including phenoxy) is 2. The van der Waals surface area contributed by atoms with Gasteiger partial charge in [-0.3, -0.25) is 9.52 Å². The lowest BCUT2D eigenvalue weighted by Gasteiger charge is -2.13. The highest BCUT2D eigenvalue weighted by atomic mass is 35.5. The van der Waals surface area contributed by atoms with E-state index in [1.165, 1.54) is 36.4 Å². The van der Waals surface area contributed by atoms with Crippen molar-refractivity contribution < 1.29 is 22.7 Å². The molecule has 7 nitrogen and oxygen atoms in total. The van der Waals surface area contributed by atoms with Gasteiger partial charge in [-0.05, 0) is 30.3 Å². The summed E-state index contributed by atoms with van der Waals surface area (Å²) in [6.45, 7) is 0.948. The fraction of sp³-hybridized carbons (Fsp3) is 0.188. The number of carbonyl (C=O) groups excluding carboxylic acids is 1. The van der Waals surface area contributed by atoms with Crippen molar-refractivity contribution in [3.8, 4) is 11.5 Å². The summed E-state index contributed by atoms with van der Waals surface area (Å²) in [5.74, 6) is 0.162. The number of primary amides is 1. The molecule has 1 aliphatic rings. The van der Waals surface area contributed by atoms with Crippen LogP contribution in [0.3, 0.4) is 0 Å². The number of amides is 1. The van der Waals surface area contributed by atoms with E-state index in [0.29, 0.717) is 31.1 Å². The zero-order chi connectivity index (χ0) is 18.0. The van der Waals surface area contributed by atoms with Gasteiger partial charge in [0.05, 0.1) is 28.8 Å². The van der Waals surface area contributed by atoms with Crippen molar-refractivity contribution in [3.63, 3.8) is 0 Å².